The van der Waals surface area contributed by atoms with Crippen molar-refractivity contribution in [2.45, 2.75) is 6.32 Å². The molecule has 0 saturated carbocycles. The van der Waals surface area contributed by atoms with E-state index in [-0.39, 0.29) is 6.32 Å². The van der Waals surface area contributed by atoms with Crippen molar-refractivity contribution in [1.82, 2.24) is 0 Å². The van der Waals surface area contributed by atoms with Crippen LogP contribution in [0.15, 0.2) is 0 Å². The second-order valence-electron chi connectivity index (χ2n) is 2.90. The van der Waals surface area contributed by atoms with Gasteiger partial charge in [-0.3, -0.25) is 4.79 Å². The van der Waals surface area contributed by atoms with Crippen LogP contribution in [0.4, 0.5) is 0 Å². The summed E-state index contributed by atoms with van der Waals surface area (Å²) in [6.45, 7) is 0. The lowest BCUT2D eigenvalue weighted by atomic mass is 9.85. The third-order valence-electron chi connectivity index (χ3n) is 0.814. The minimum atomic E-state index is -0.775. The van der Waals surface area contributed by atoms with Crippen LogP contribution in [0.2, 0.25) is 6.32 Å². The maximum absolute atomic E-state index is 10.0. The van der Waals surface area contributed by atoms with Crippen LogP contribution >= 0.6 is 0 Å². The highest BCUT2D eigenvalue weighted by Gasteiger charge is 1.96. The molecule has 0 aliphatic heterocycles. The fourth-order valence-corrected chi connectivity index (χ4v) is 0.352. The van der Waals surface area contributed by atoms with Crippen molar-refractivity contribution in [3.63, 3.8) is 0 Å². The Morgan fingerprint density at radius 1 is 1.56 bits per heavy atom. The summed E-state index contributed by atoms with van der Waals surface area (Å²) >= 11 is 0. The quantitative estimate of drug-likeness (QED) is 0.536. The molecule has 0 unspecified atom stereocenters. The topological polar surface area (TPSA) is 37.3 Å². The predicted octanol–water partition coefficient (Wildman–Crippen LogP) is -0.185. The Morgan fingerprint density at radius 2 is 2.00 bits per heavy atom. The van der Waals surface area contributed by atoms with E-state index in [4.69, 9.17) is 5.11 Å². The first kappa shape index (κ1) is 8.49. The zero-order chi connectivity index (χ0) is 7.49. The van der Waals surface area contributed by atoms with Gasteiger partial charge in [-0.05, 0) is 0 Å². The molecule has 0 heterocycles. The normalized spacial score (nSPS) is 11.4. The van der Waals surface area contributed by atoms with E-state index in [2.05, 4.69) is 0 Å². The summed E-state index contributed by atoms with van der Waals surface area (Å²) in [6.07, 6.45) is 0.128. The molecule has 0 saturated heterocycles. The Kier molecular flexibility index (Phi) is 2.71. The molecule has 9 heavy (non-hydrogen) atoms. The lowest BCUT2D eigenvalue weighted by Gasteiger charge is -2.37. The zero-order valence-electron chi connectivity index (χ0n) is 6.09. The number of nitrogens with zero attached hydrogens (tertiary/aromatic N) is 1. The smallest absolute Gasteiger partial charge is 0.268 e. The van der Waals surface area contributed by atoms with Crippen molar-refractivity contribution in [1.29, 1.82) is 0 Å². The second-order valence-corrected chi connectivity index (χ2v) is 2.90. The fraction of sp³-hybridized carbons (Fsp3) is 0.800. The van der Waals surface area contributed by atoms with Gasteiger partial charge in [-0.1, -0.05) is 6.32 Å². The van der Waals surface area contributed by atoms with E-state index in [0.29, 0.717) is 4.39 Å². The second kappa shape index (κ2) is 2.87. The van der Waals surface area contributed by atoms with Crippen molar-refractivity contribution in [3.05, 3.63) is 0 Å². The Hall–Kier alpha value is -0.505. The average molecular weight is 129 g/mol. The molecule has 0 aromatic carbocycles. The third kappa shape index (κ3) is 7.49. The lowest BCUT2D eigenvalue weighted by molar-refractivity contribution is -0.755. The molecule has 0 aromatic heterocycles. The summed E-state index contributed by atoms with van der Waals surface area (Å²) < 4.78 is 0.590. The number of carbonyl (C=O) groups is 1. The van der Waals surface area contributed by atoms with Crippen LogP contribution < -0.4 is 0 Å². The summed E-state index contributed by atoms with van der Waals surface area (Å²) in [5.74, 6) is -0.775. The van der Waals surface area contributed by atoms with Gasteiger partial charge in [-0.2, -0.15) is 0 Å². The van der Waals surface area contributed by atoms with Gasteiger partial charge in [-0.25, -0.2) is 0 Å². The molecule has 52 valence electrons. The van der Waals surface area contributed by atoms with E-state index in [9.17, 15) is 4.79 Å². The first-order chi connectivity index (χ1) is 3.92. The van der Waals surface area contributed by atoms with Crippen LogP contribution in [-0.2, 0) is 4.79 Å². The van der Waals surface area contributed by atoms with Gasteiger partial charge < -0.3 is 9.50 Å². The Labute approximate surface area is 56.1 Å². The van der Waals surface area contributed by atoms with Gasteiger partial charge in [0.15, 0.2) is 0 Å². The molecule has 2 radical (unpaired) electrons. The maximum Gasteiger partial charge on any atom is 0.268 e. The van der Waals surface area contributed by atoms with Gasteiger partial charge in [-0.15, -0.1) is 0 Å². The Balaban J connectivity index is 3.39. The van der Waals surface area contributed by atoms with Crippen molar-refractivity contribution in [3.8, 4) is 0 Å². The van der Waals surface area contributed by atoms with Crippen LogP contribution in [0.5, 0.6) is 0 Å². The molecule has 0 atom stereocenters. The highest BCUT2D eigenvalue weighted by atomic mass is 16.4. The van der Waals surface area contributed by atoms with Gasteiger partial charge in [0.1, 0.15) is 0 Å². The van der Waals surface area contributed by atoms with Crippen LogP contribution in [-0.4, -0.2) is 44.0 Å². The molecule has 0 aromatic rings. The summed E-state index contributed by atoms with van der Waals surface area (Å²) in [7, 11) is 7.48. The molecular formula is C5H12BNO2. The number of hydrogen-bond donors (Lipinski definition) is 1. The van der Waals surface area contributed by atoms with Crippen molar-refractivity contribution >= 4 is 13.4 Å². The molecular weight excluding hydrogens is 117 g/mol. The minimum Gasteiger partial charge on any atom is -0.567 e. The van der Waals surface area contributed by atoms with Crippen molar-refractivity contribution in [2.24, 2.45) is 0 Å². The summed E-state index contributed by atoms with van der Waals surface area (Å²) in [5, 5.41) is 8.24. The van der Waals surface area contributed by atoms with E-state index in [0.717, 1.165) is 0 Å². The van der Waals surface area contributed by atoms with Gasteiger partial charge in [0, 0.05) is 28.6 Å². The molecule has 1 N–H and O–H groups in total. The minimum absolute atomic E-state index is 0.128. The van der Waals surface area contributed by atoms with Crippen molar-refractivity contribution in [2.75, 3.05) is 21.1 Å². The van der Waals surface area contributed by atoms with Gasteiger partial charge in [0.2, 0.25) is 0 Å². The molecule has 0 bridgehead atoms. The largest absolute Gasteiger partial charge is 0.567 e. The standard InChI is InChI=1S/C5H11BNO2/c1-7(2,3)6-4-5(8)9/h4H2,1-3H3/q-1/p+1. The van der Waals surface area contributed by atoms with Gasteiger partial charge in [0.05, 0.1) is 0 Å². The predicted molar refractivity (Wildman–Crippen MR) is 36.2 cm³/mol. The molecule has 0 spiro atoms. The van der Waals surface area contributed by atoms with Crippen LogP contribution in [0.25, 0.3) is 0 Å². The number of carboxylic acid groups (broad SMARTS) is 1. The molecule has 0 aliphatic rings. The molecule has 3 nitrogen and oxygen atoms in total. The van der Waals surface area contributed by atoms with E-state index < -0.39 is 5.97 Å². The number of rotatable bonds is 3. The number of quaternary nitrogens is 1. The van der Waals surface area contributed by atoms with Gasteiger partial charge in [0.25, 0.3) is 5.97 Å². The first-order valence-corrected chi connectivity index (χ1v) is 2.79. The SMILES string of the molecule is C[N+](C)(C)[B-]CC(=O)O. The molecule has 0 aliphatic carbocycles. The molecule has 0 fully saturated rings. The van der Waals surface area contributed by atoms with E-state index in [1.165, 1.54) is 0 Å². The van der Waals surface area contributed by atoms with E-state index >= 15 is 0 Å². The van der Waals surface area contributed by atoms with Gasteiger partial charge >= 0.3 is 0 Å². The monoisotopic (exact) mass is 129 g/mol. The first-order valence-electron chi connectivity index (χ1n) is 2.79. The van der Waals surface area contributed by atoms with E-state index in [1.807, 2.05) is 21.1 Å². The summed E-state index contributed by atoms with van der Waals surface area (Å²) in [5.41, 5.74) is 0. The van der Waals surface area contributed by atoms with Crippen LogP contribution in [0, 0.1) is 0 Å². The Morgan fingerprint density at radius 3 is 2.11 bits per heavy atom. The van der Waals surface area contributed by atoms with E-state index in [1.54, 1.807) is 7.41 Å². The number of hydrogen-bond acceptors (Lipinski definition) is 1. The molecule has 0 amide bonds. The average Bonchev–Trinajstić information content (AvgIpc) is 1.59. The van der Waals surface area contributed by atoms with Crippen molar-refractivity contribution < 1.29 is 14.3 Å². The molecule has 4 heteroatoms. The lowest BCUT2D eigenvalue weighted by Crippen LogP contribution is -2.39. The fourth-order valence-electron chi connectivity index (χ4n) is 0.352. The number of carboxylic acids is 1. The Bertz CT molecular complexity index is 108. The zero-order valence-corrected chi connectivity index (χ0v) is 6.09. The summed E-state index contributed by atoms with van der Waals surface area (Å²) in [6, 6.07) is 0. The summed E-state index contributed by atoms with van der Waals surface area (Å²) in [4.78, 5) is 10.0. The number of aliphatic carboxylic acids is 1. The van der Waals surface area contributed by atoms with Crippen LogP contribution in [0.1, 0.15) is 0 Å². The van der Waals surface area contributed by atoms with Crippen LogP contribution in [0.3, 0.4) is 0 Å². The highest BCUT2D eigenvalue weighted by Crippen LogP contribution is 1.89. The third-order valence-corrected chi connectivity index (χ3v) is 0.814. The highest BCUT2D eigenvalue weighted by molar-refractivity contribution is 6.32. The maximum atomic E-state index is 10.0. The molecule has 0 rings (SSSR count).